The molecule has 5 nitrogen and oxygen atoms in total. The number of carboxylic acid groups (broad SMARTS) is 1. The van der Waals surface area contributed by atoms with Crippen LogP contribution >= 0.6 is 0 Å². The summed E-state index contributed by atoms with van der Waals surface area (Å²) >= 11 is 0. The standard InChI is InChI=1S/C14H24N2O3/c1-9-2-6-11(7-3-9)15-14(19)16-12(13(17)18)8-10-4-5-10/h9-12H,2-8H2,1H3,(H,17,18)(H2,15,16,19)/t9?,11?,12-/m0/s1. The molecule has 2 rings (SSSR count). The number of hydrogen-bond acceptors (Lipinski definition) is 2. The van der Waals surface area contributed by atoms with Gasteiger partial charge in [-0.1, -0.05) is 19.8 Å². The third kappa shape index (κ3) is 4.73. The Balaban J connectivity index is 1.73. The first-order valence-electron chi connectivity index (χ1n) is 7.34. The van der Waals surface area contributed by atoms with Gasteiger partial charge in [0.05, 0.1) is 0 Å². The van der Waals surface area contributed by atoms with Crippen LogP contribution in [-0.2, 0) is 4.79 Å². The summed E-state index contributed by atoms with van der Waals surface area (Å²) in [5, 5.41) is 14.6. The molecule has 0 aromatic rings. The number of rotatable bonds is 5. The van der Waals surface area contributed by atoms with E-state index in [1.807, 2.05) is 0 Å². The van der Waals surface area contributed by atoms with Gasteiger partial charge < -0.3 is 15.7 Å². The van der Waals surface area contributed by atoms with Gasteiger partial charge in [-0.3, -0.25) is 0 Å². The number of nitrogens with one attached hydrogen (secondary N) is 2. The summed E-state index contributed by atoms with van der Waals surface area (Å²) in [6.45, 7) is 2.23. The van der Waals surface area contributed by atoms with Gasteiger partial charge in [-0.25, -0.2) is 9.59 Å². The van der Waals surface area contributed by atoms with E-state index in [1.54, 1.807) is 0 Å². The van der Waals surface area contributed by atoms with E-state index in [1.165, 1.54) is 0 Å². The van der Waals surface area contributed by atoms with Crippen molar-refractivity contribution in [1.29, 1.82) is 0 Å². The predicted octanol–water partition coefficient (Wildman–Crippen LogP) is 2.12. The third-order valence-corrected chi connectivity index (χ3v) is 4.22. The molecule has 2 fully saturated rings. The van der Waals surface area contributed by atoms with E-state index in [9.17, 15) is 9.59 Å². The minimum atomic E-state index is -0.931. The summed E-state index contributed by atoms with van der Waals surface area (Å²) in [6.07, 6.45) is 7.00. The van der Waals surface area contributed by atoms with Gasteiger partial charge in [0.2, 0.25) is 0 Å². The predicted molar refractivity (Wildman–Crippen MR) is 71.9 cm³/mol. The zero-order valence-electron chi connectivity index (χ0n) is 11.5. The van der Waals surface area contributed by atoms with Crippen molar-refractivity contribution in [2.24, 2.45) is 11.8 Å². The molecule has 2 saturated carbocycles. The first kappa shape index (κ1) is 14.2. The van der Waals surface area contributed by atoms with E-state index in [2.05, 4.69) is 17.6 Å². The second-order valence-corrected chi connectivity index (χ2v) is 6.14. The highest BCUT2D eigenvalue weighted by Gasteiger charge is 2.30. The second-order valence-electron chi connectivity index (χ2n) is 6.14. The Hall–Kier alpha value is -1.26. The lowest BCUT2D eigenvalue weighted by molar-refractivity contribution is -0.139. The summed E-state index contributed by atoms with van der Waals surface area (Å²) in [5.41, 5.74) is 0. The van der Waals surface area contributed by atoms with Crippen LogP contribution in [0.4, 0.5) is 4.79 Å². The van der Waals surface area contributed by atoms with Crippen molar-refractivity contribution in [2.45, 2.75) is 64.0 Å². The normalized spacial score (nSPS) is 28.5. The Morgan fingerprint density at radius 3 is 2.32 bits per heavy atom. The van der Waals surface area contributed by atoms with Gasteiger partial charge in [-0.05, 0) is 43.9 Å². The van der Waals surface area contributed by atoms with Crippen molar-refractivity contribution in [2.75, 3.05) is 0 Å². The monoisotopic (exact) mass is 268 g/mol. The number of carbonyl (C=O) groups excluding carboxylic acids is 1. The number of hydrogen-bond donors (Lipinski definition) is 3. The molecular weight excluding hydrogens is 244 g/mol. The molecule has 5 heteroatoms. The van der Waals surface area contributed by atoms with Crippen molar-refractivity contribution in [3.05, 3.63) is 0 Å². The molecule has 0 bridgehead atoms. The molecule has 1 atom stereocenters. The van der Waals surface area contributed by atoms with E-state index < -0.39 is 12.0 Å². The maximum Gasteiger partial charge on any atom is 0.326 e. The number of carboxylic acids is 1. The van der Waals surface area contributed by atoms with E-state index in [0.29, 0.717) is 12.3 Å². The van der Waals surface area contributed by atoms with E-state index in [-0.39, 0.29) is 12.1 Å². The molecule has 0 radical (unpaired) electrons. The van der Waals surface area contributed by atoms with Gasteiger partial charge >= 0.3 is 12.0 Å². The second kappa shape index (κ2) is 6.26. The van der Waals surface area contributed by atoms with Crippen molar-refractivity contribution in [3.8, 4) is 0 Å². The smallest absolute Gasteiger partial charge is 0.326 e. The Kier molecular flexibility index (Phi) is 4.66. The lowest BCUT2D eigenvalue weighted by Gasteiger charge is -2.27. The van der Waals surface area contributed by atoms with Gasteiger partial charge in [0, 0.05) is 6.04 Å². The zero-order valence-corrected chi connectivity index (χ0v) is 11.5. The van der Waals surface area contributed by atoms with Crippen LogP contribution in [0.15, 0.2) is 0 Å². The van der Waals surface area contributed by atoms with Crippen LogP contribution in [0.5, 0.6) is 0 Å². The molecular formula is C14H24N2O3. The van der Waals surface area contributed by atoms with Gasteiger partial charge in [0.15, 0.2) is 0 Å². The van der Waals surface area contributed by atoms with Crippen LogP contribution < -0.4 is 10.6 Å². The molecule has 0 saturated heterocycles. The molecule has 0 spiro atoms. The van der Waals surface area contributed by atoms with Gasteiger partial charge in [0.1, 0.15) is 6.04 Å². The molecule has 2 aliphatic rings. The van der Waals surface area contributed by atoms with Crippen molar-refractivity contribution in [3.63, 3.8) is 0 Å². The van der Waals surface area contributed by atoms with Crippen molar-refractivity contribution < 1.29 is 14.7 Å². The fraction of sp³-hybridized carbons (Fsp3) is 0.857. The maximum atomic E-state index is 11.8. The molecule has 0 aromatic heterocycles. The maximum absolute atomic E-state index is 11.8. The molecule has 3 N–H and O–H groups in total. The molecule has 2 amide bonds. The number of carbonyl (C=O) groups is 2. The largest absolute Gasteiger partial charge is 0.480 e. The molecule has 2 aliphatic carbocycles. The molecule has 19 heavy (non-hydrogen) atoms. The fourth-order valence-corrected chi connectivity index (χ4v) is 2.70. The summed E-state index contributed by atoms with van der Waals surface area (Å²) < 4.78 is 0. The van der Waals surface area contributed by atoms with E-state index >= 15 is 0 Å². The topological polar surface area (TPSA) is 78.4 Å². The lowest BCUT2D eigenvalue weighted by atomic mass is 9.87. The lowest BCUT2D eigenvalue weighted by Crippen LogP contribution is -2.49. The van der Waals surface area contributed by atoms with Crippen LogP contribution in [0, 0.1) is 11.8 Å². The van der Waals surface area contributed by atoms with Gasteiger partial charge in [0.25, 0.3) is 0 Å². The quantitative estimate of drug-likeness (QED) is 0.714. The highest BCUT2D eigenvalue weighted by molar-refractivity contribution is 5.82. The summed E-state index contributed by atoms with van der Waals surface area (Å²) in [4.78, 5) is 22.9. The molecule has 108 valence electrons. The summed E-state index contributed by atoms with van der Waals surface area (Å²) in [7, 11) is 0. The minimum Gasteiger partial charge on any atom is -0.480 e. The molecule has 0 heterocycles. The van der Waals surface area contributed by atoms with E-state index in [4.69, 9.17) is 5.11 Å². The Morgan fingerprint density at radius 1 is 1.16 bits per heavy atom. The van der Waals surface area contributed by atoms with Crippen LogP contribution in [0.1, 0.15) is 51.9 Å². The molecule has 0 aliphatic heterocycles. The Bertz CT molecular complexity index is 334. The molecule has 0 unspecified atom stereocenters. The van der Waals surface area contributed by atoms with Crippen LogP contribution in [-0.4, -0.2) is 29.2 Å². The van der Waals surface area contributed by atoms with Crippen molar-refractivity contribution >= 4 is 12.0 Å². The number of amides is 2. The Labute approximate surface area is 114 Å². The summed E-state index contributed by atoms with van der Waals surface area (Å²) in [5.74, 6) is 0.291. The minimum absolute atomic E-state index is 0.201. The third-order valence-electron chi connectivity index (χ3n) is 4.22. The number of aliphatic carboxylic acids is 1. The Morgan fingerprint density at radius 2 is 1.79 bits per heavy atom. The zero-order chi connectivity index (χ0) is 13.8. The SMILES string of the molecule is CC1CCC(NC(=O)N[C@@H](CC2CC2)C(=O)O)CC1. The highest BCUT2D eigenvalue weighted by atomic mass is 16.4. The average molecular weight is 268 g/mol. The van der Waals surface area contributed by atoms with Gasteiger partial charge in [-0.2, -0.15) is 0 Å². The fourth-order valence-electron chi connectivity index (χ4n) is 2.70. The first-order chi connectivity index (χ1) is 9.04. The van der Waals surface area contributed by atoms with Crippen molar-refractivity contribution in [1.82, 2.24) is 10.6 Å². The van der Waals surface area contributed by atoms with Crippen LogP contribution in [0.3, 0.4) is 0 Å². The average Bonchev–Trinajstić information content (AvgIpc) is 3.15. The highest BCUT2D eigenvalue weighted by Crippen LogP contribution is 2.33. The number of urea groups is 1. The van der Waals surface area contributed by atoms with Crippen LogP contribution in [0.25, 0.3) is 0 Å². The first-order valence-corrected chi connectivity index (χ1v) is 7.34. The van der Waals surface area contributed by atoms with Crippen LogP contribution in [0.2, 0.25) is 0 Å². The van der Waals surface area contributed by atoms with Gasteiger partial charge in [-0.15, -0.1) is 0 Å². The summed E-state index contributed by atoms with van der Waals surface area (Å²) in [6, 6.07) is -0.866. The van der Waals surface area contributed by atoms with E-state index in [0.717, 1.165) is 44.4 Å². The molecule has 0 aromatic carbocycles.